The van der Waals surface area contributed by atoms with Crippen LogP contribution in [0.1, 0.15) is 50.2 Å². The predicted octanol–water partition coefficient (Wildman–Crippen LogP) is 3.82. The maximum atomic E-state index is 12.2. The van der Waals surface area contributed by atoms with E-state index in [4.69, 9.17) is 9.47 Å². The van der Waals surface area contributed by atoms with Gasteiger partial charge in [-0.3, -0.25) is 9.89 Å². The Morgan fingerprint density at radius 1 is 1.26 bits per heavy atom. The van der Waals surface area contributed by atoms with Gasteiger partial charge in [0.1, 0.15) is 5.60 Å². The lowest BCUT2D eigenvalue weighted by Crippen LogP contribution is -2.36. The van der Waals surface area contributed by atoms with Gasteiger partial charge in [-0.15, -0.1) is 0 Å². The molecule has 2 rings (SSSR count). The number of aromatic amines is 1. The lowest BCUT2D eigenvalue weighted by atomic mass is 9.97. The Balaban J connectivity index is 2.33. The second-order valence-electron chi connectivity index (χ2n) is 7.41. The number of aromatic nitrogens is 2. The molecule has 1 amide bonds. The molecule has 0 aliphatic heterocycles. The summed E-state index contributed by atoms with van der Waals surface area (Å²) < 4.78 is 10.1. The second kappa shape index (κ2) is 8.24. The molecule has 0 unspecified atom stereocenters. The summed E-state index contributed by atoms with van der Waals surface area (Å²) in [6.45, 7) is 9.23. The van der Waals surface area contributed by atoms with E-state index in [1.54, 1.807) is 20.8 Å². The average molecular weight is 373 g/mol. The number of amides is 1. The number of esters is 1. The first-order chi connectivity index (χ1) is 12.6. The van der Waals surface area contributed by atoms with Gasteiger partial charge in [-0.1, -0.05) is 18.2 Å². The van der Waals surface area contributed by atoms with Gasteiger partial charge in [-0.05, 0) is 51.8 Å². The topological polar surface area (TPSA) is 93.3 Å². The standard InChI is InChI=1S/C20H27N3O4/c1-12-18(13(2)23-22-12)15-9-7-8-14(10-15)16(11-17(24)26-6)21-19(25)27-20(3,4)5/h7-10,16H,11H2,1-6H3,(H,21,25)(H,22,23)/t16-/m0/s1. The van der Waals surface area contributed by atoms with Gasteiger partial charge in [0, 0.05) is 11.3 Å². The van der Waals surface area contributed by atoms with Gasteiger partial charge in [0.05, 0.1) is 25.3 Å². The number of alkyl carbamates (subject to hydrolysis) is 1. The van der Waals surface area contributed by atoms with Gasteiger partial charge in [-0.2, -0.15) is 5.10 Å². The number of benzene rings is 1. The van der Waals surface area contributed by atoms with E-state index in [0.29, 0.717) is 0 Å². The van der Waals surface area contributed by atoms with Crippen molar-refractivity contribution in [2.24, 2.45) is 0 Å². The van der Waals surface area contributed by atoms with Crippen molar-refractivity contribution in [3.8, 4) is 11.1 Å². The number of methoxy groups -OCH3 is 1. The number of hydrogen-bond acceptors (Lipinski definition) is 5. The largest absolute Gasteiger partial charge is 0.469 e. The predicted molar refractivity (Wildman–Crippen MR) is 102 cm³/mol. The number of nitrogens with one attached hydrogen (secondary N) is 2. The lowest BCUT2D eigenvalue weighted by Gasteiger charge is -2.23. The van der Waals surface area contributed by atoms with Crippen LogP contribution < -0.4 is 5.32 Å². The van der Waals surface area contributed by atoms with E-state index in [9.17, 15) is 9.59 Å². The number of carbonyl (C=O) groups excluding carboxylic acids is 2. The molecule has 0 bridgehead atoms. The van der Waals surface area contributed by atoms with Crippen molar-refractivity contribution >= 4 is 12.1 Å². The van der Waals surface area contributed by atoms with E-state index >= 15 is 0 Å². The highest BCUT2D eigenvalue weighted by molar-refractivity contribution is 5.74. The van der Waals surface area contributed by atoms with Crippen LogP contribution in [0.5, 0.6) is 0 Å². The lowest BCUT2D eigenvalue weighted by molar-refractivity contribution is -0.141. The van der Waals surface area contributed by atoms with Gasteiger partial charge < -0.3 is 14.8 Å². The first-order valence-corrected chi connectivity index (χ1v) is 8.79. The zero-order valence-electron chi connectivity index (χ0n) is 16.7. The van der Waals surface area contributed by atoms with Crippen LogP contribution in [0.2, 0.25) is 0 Å². The maximum absolute atomic E-state index is 12.2. The van der Waals surface area contributed by atoms with Crippen LogP contribution in [0.15, 0.2) is 24.3 Å². The second-order valence-corrected chi connectivity index (χ2v) is 7.41. The van der Waals surface area contributed by atoms with Crippen molar-refractivity contribution in [1.82, 2.24) is 15.5 Å². The smallest absolute Gasteiger partial charge is 0.408 e. The van der Waals surface area contributed by atoms with Crippen LogP contribution in [0.4, 0.5) is 4.79 Å². The number of nitrogens with zero attached hydrogens (tertiary/aromatic N) is 1. The van der Waals surface area contributed by atoms with Gasteiger partial charge >= 0.3 is 12.1 Å². The molecule has 1 aromatic carbocycles. The van der Waals surface area contributed by atoms with Crippen LogP contribution >= 0.6 is 0 Å². The third-order valence-electron chi connectivity index (χ3n) is 4.00. The number of aryl methyl sites for hydroxylation is 2. The van der Waals surface area contributed by atoms with Crippen molar-refractivity contribution in [1.29, 1.82) is 0 Å². The molecule has 1 aromatic heterocycles. The minimum Gasteiger partial charge on any atom is -0.469 e. The van der Waals surface area contributed by atoms with Crippen molar-refractivity contribution in [2.75, 3.05) is 7.11 Å². The molecule has 0 saturated heterocycles. The Hall–Kier alpha value is -2.83. The van der Waals surface area contributed by atoms with Crippen LogP contribution in [-0.2, 0) is 14.3 Å². The molecule has 0 fully saturated rings. The van der Waals surface area contributed by atoms with Crippen molar-refractivity contribution in [2.45, 2.75) is 52.7 Å². The summed E-state index contributed by atoms with van der Waals surface area (Å²) in [5, 5.41) is 9.97. The third kappa shape index (κ3) is 5.57. The molecule has 1 atom stereocenters. The van der Waals surface area contributed by atoms with E-state index in [0.717, 1.165) is 28.1 Å². The molecule has 0 aliphatic carbocycles. The Morgan fingerprint density at radius 3 is 2.52 bits per heavy atom. The summed E-state index contributed by atoms with van der Waals surface area (Å²) in [6.07, 6.45) is -0.583. The molecular formula is C20H27N3O4. The maximum Gasteiger partial charge on any atom is 0.408 e. The number of carbonyl (C=O) groups is 2. The normalized spacial score (nSPS) is 12.4. The van der Waals surface area contributed by atoms with Crippen LogP contribution in [0, 0.1) is 13.8 Å². The summed E-state index contributed by atoms with van der Waals surface area (Å²) in [5.41, 5.74) is 3.95. The monoisotopic (exact) mass is 373 g/mol. The minimum absolute atomic E-state index is 0.00253. The van der Waals surface area contributed by atoms with Crippen LogP contribution in [0.3, 0.4) is 0 Å². The van der Waals surface area contributed by atoms with E-state index < -0.39 is 23.7 Å². The Labute approximate surface area is 159 Å². The molecule has 7 heteroatoms. The molecule has 0 spiro atoms. The minimum atomic E-state index is -0.632. The highest BCUT2D eigenvalue weighted by Gasteiger charge is 2.23. The van der Waals surface area contributed by atoms with E-state index in [1.807, 2.05) is 38.1 Å². The fourth-order valence-electron chi connectivity index (χ4n) is 2.84. The number of ether oxygens (including phenoxy) is 2. The van der Waals surface area contributed by atoms with Crippen molar-refractivity contribution < 1.29 is 19.1 Å². The zero-order valence-corrected chi connectivity index (χ0v) is 16.7. The average Bonchev–Trinajstić information content (AvgIpc) is 2.91. The highest BCUT2D eigenvalue weighted by atomic mass is 16.6. The molecule has 0 radical (unpaired) electrons. The number of hydrogen-bond donors (Lipinski definition) is 2. The first kappa shape index (κ1) is 20.5. The summed E-state index contributed by atoms with van der Waals surface area (Å²) in [7, 11) is 1.32. The van der Waals surface area contributed by atoms with Gasteiger partial charge in [0.25, 0.3) is 0 Å². The molecule has 27 heavy (non-hydrogen) atoms. The molecule has 0 aliphatic rings. The highest BCUT2D eigenvalue weighted by Crippen LogP contribution is 2.29. The third-order valence-corrected chi connectivity index (χ3v) is 4.00. The van der Waals surface area contributed by atoms with E-state index in [-0.39, 0.29) is 6.42 Å². The van der Waals surface area contributed by atoms with Crippen LogP contribution in [-0.4, -0.2) is 35.0 Å². The number of H-pyrrole nitrogens is 1. The van der Waals surface area contributed by atoms with Crippen LogP contribution in [0.25, 0.3) is 11.1 Å². The Bertz CT molecular complexity index is 801. The fourth-order valence-corrected chi connectivity index (χ4v) is 2.84. The number of rotatable bonds is 5. The summed E-state index contributed by atoms with van der Waals surface area (Å²) in [6, 6.07) is 7.09. The summed E-state index contributed by atoms with van der Waals surface area (Å²) in [5.74, 6) is -0.419. The molecule has 0 saturated carbocycles. The molecule has 2 N–H and O–H groups in total. The van der Waals surface area contributed by atoms with Gasteiger partial charge in [0.15, 0.2) is 0 Å². The molecule has 1 heterocycles. The molecule has 2 aromatic rings. The summed E-state index contributed by atoms with van der Waals surface area (Å²) >= 11 is 0. The zero-order chi connectivity index (χ0) is 20.2. The van der Waals surface area contributed by atoms with E-state index in [2.05, 4.69) is 15.5 Å². The molecule has 7 nitrogen and oxygen atoms in total. The Morgan fingerprint density at radius 2 is 1.96 bits per heavy atom. The quantitative estimate of drug-likeness (QED) is 0.777. The first-order valence-electron chi connectivity index (χ1n) is 8.79. The Kier molecular flexibility index (Phi) is 6.25. The van der Waals surface area contributed by atoms with Crippen molar-refractivity contribution in [3.05, 3.63) is 41.2 Å². The molecule has 146 valence electrons. The van der Waals surface area contributed by atoms with Gasteiger partial charge in [-0.25, -0.2) is 4.79 Å². The van der Waals surface area contributed by atoms with Gasteiger partial charge in [0.2, 0.25) is 0 Å². The molecular weight excluding hydrogens is 346 g/mol. The SMILES string of the molecule is COC(=O)C[C@H](NC(=O)OC(C)(C)C)c1cccc(-c2c(C)n[nH]c2C)c1. The van der Waals surface area contributed by atoms with Crippen molar-refractivity contribution in [3.63, 3.8) is 0 Å². The van der Waals surface area contributed by atoms with E-state index in [1.165, 1.54) is 7.11 Å². The summed E-state index contributed by atoms with van der Waals surface area (Å²) in [4.78, 5) is 24.1. The fraction of sp³-hybridized carbons (Fsp3) is 0.450.